The van der Waals surface area contributed by atoms with Gasteiger partial charge in [0.25, 0.3) is 0 Å². The van der Waals surface area contributed by atoms with Crippen molar-refractivity contribution in [3.63, 3.8) is 0 Å². The van der Waals surface area contributed by atoms with Gasteiger partial charge in [0.2, 0.25) is 0 Å². The topological polar surface area (TPSA) is 35.9 Å². The van der Waals surface area contributed by atoms with Crippen molar-refractivity contribution >= 4 is 0 Å². The van der Waals surface area contributed by atoms with Crippen LogP contribution in [0.1, 0.15) is 37.4 Å². The van der Waals surface area contributed by atoms with Gasteiger partial charge in [-0.3, -0.25) is 4.90 Å². The fourth-order valence-corrected chi connectivity index (χ4v) is 3.91. The van der Waals surface area contributed by atoms with Crippen molar-refractivity contribution in [3.05, 3.63) is 35.9 Å². The quantitative estimate of drug-likeness (QED) is 0.832. The highest BCUT2D eigenvalue weighted by atomic mass is 16.5. The first-order valence-electron chi connectivity index (χ1n) is 9.57. The minimum Gasteiger partial charge on any atom is -0.387 e. The molecule has 0 aliphatic carbocycles. The van der Waals surface area contributed by atoms with Gasteiger partial charge < -0.3 is 14.7 Å². The number of hydrogen-bond acceptors (Lipinski definition) is 4. The zero-order valence-corrected chi connectivity index (χ0v) is 14.8. The second-order valence-electron chi connectivity index (χ2n) is 7.27. The van der Waals surface area contributed by atoms with Gasteiger partial charge in [-0.1, -0.05) is 30.3 Å². The molecule has 0 bridgehead atoms. The summed E-state index contributed by atoms with van der Waals surface area (Å²) >= 11 is 0. The minimum atomic E-state index is -0.357. The lowest BCUT2D eigenvalue weighted by Crippen LogP contribution is -2.38. The highest BCUT2D eigenvalue weighted by molar-refractivity contribution is 5.17. The summed E-state index contributed by atoms with van der Waals surface area (Å²) in [4.78, 5) is 4.96. The second-order valence-corrected chi connectivity index (χ2v) is 7.27. The van der Waals surface area contributed by atoms with Gasteiger partial charge in [0.1, 0.15) is 0 Å². The number of β-amino-alcohol motifs (C(OH)–C–C–N with tert-alkyl or cyclic N) is 1. The predicted molar refractivity (Wildman–Crippen MR) is 97.1 cm³/mol. The highest BCUT2D eigenvalue weighted by Crippen LogP contribution is 2.24. The lowest BCUT2D eigenvalue weighted by Gasteiger charge is -2.34. The fourth-order valence-electron chi connectivity index (χ4n) is 3.91. The summed E-state index contributed by atoms with van der Waals surface area (Å²) in [6.07, 6.45) is 4.88. The monoisotopic (exact) mass is 332 g/mol. The average Bonchev–Trinajstić information content (AvgIpc) is 2.65. The van der Waals surface area contributed by atoms with Gasteiger partial charge in [0.15, 0.2) is 0 Å². The van der Waals surface area contributed by atoms with Gasteiger partial charge in [0.05, 0.1) is 19.3 Å². The molecule has 0 aromatic heterocycles. The van der Waals surface area contributed by atoms with Gasteiger partial charge in [-0.15, -0.1) is 0 Å². The van der Waals surface area contributed by atoms with E-state index in [0.717, 1.165) is 57.4 Å². The Kier molecular flexibility index (Phi) is 7.09. The molecule has 2 fully saturated rings. The van der Waals surface area contributed by atoms with Gasteiger partial charge in [-0.25, -0.2) is 0 Å². The maximum atomic E-state index is 10.4. The summed E-state index contributed by atoms with van der Waals surface area (Å²) in [5.41, 5.74) is 1.03. The van der Waals surface area contributed by atoms with Crippen molar-refractivity contribution in [1.82, 2.24) is 9.80 Å². The number of aliphatic hydroxyl groups is 1. The van der Waals surface area contributed by atoms with Crippen LogP contribution in [-0.4, -0.2) is 67.4 Å². The summed E-state index contributed by atoms with van der Waals surface area (Å²) in [7, 11) is 0. The SMILES string of the molecule is OC(CN1CCC(CCCN2CCOCC2)CC1)c1ccccc1. The molecule has 1 aromatic rings. The Morgan fingerprint density at radius 3 is 2.42 bits per heavy atom. The molecule has 2 saturated heterocycles. The van der Waals surface area contributed by atoms with Crippen LogP contribution < -0.4 is 0 Å². The average molecular weight is 332 g/mol. The Balaban J connectivity index is 1.31. The second kappa shape index (κ2) is 9.52. The number of ether oxygens (including phenoxy) is 1. The number of rotatable bonds is 7. The smallest absolute Gasteiger partial charge is 0.0916 e. The van der Waals surface area contributed by atoms with Gasteiger partial charge >= 0.3 is 0 Å². The van der Waals surface area contributed by atoms with Crippen molar-refractivity contribution in [1.29, 1.82) is 0 Å². The molecule has 0 spiro atoms. The molecule has 1 unspecified atom stereocenters. The maximum Gasteiger partial charge on any atom is 0.0916 e. The third-order valence-electron chi connectivity index (χ3n) is 5.51. The number of morpholine rings is 1. The molecular weight excluding hydrogens is 300 g/mol. The van der Waals surface area contributed by atoms with Gasteiger partial charge in [0, 0.05) is 19.6 Å². The molecule has 0 saturated carbocycles. The predicted octanol–water partition coefficient (Wildman–Crippen LogP) is 2.54. The van der Waals surface area contributed by atoms with E-state index < -0.39 is 0 Å². The zero-order valence-electron chi connectivity index (χ0n) is 14.8. The van der Waals surface area contributed by atoms with Crippen LogP contribution >= 0.6 is 0 Å². The van der Waals surface area contributed by atoms with E-state index in [4.69, 9.17) is 4.74 Å². The van der Waals surface area contributed by atoms with Crippen LogP contribution in [-0.2, 0) is 4.74 Å². The maximum absolute atomic E-state index is 10.4. The van der Waals surface area contributed by atoms with Crippen LogP contribution in [0, 0.1) is 5.92 Å². The molecule has 4 heteroatoms. The minimum absolute atomic E-state index is 0.357. The number of nitrogens with zero attached hydrogens (tertiary/aromatic N) is 2. The Morgan fingerprint density at radius 1 is 1.00 bits per heavy atom. The first kappa shape index (κ1) is 17.9. The van der Waals surface area contributed by atoms with Gasteiger partial charge in [-0.05, 0) is 56.8 Å². The molecule has 0 radical (unpaired) electrons. The normalized spacial score (nSPS) is 22.5. The highest BCUT2D eigenvalue weighted by Gasteiger charge is 2.21. The molecule has 2 heterocycles. The molecule has 2 aliphatic rings. The Bertz CT molecular complexity index is 454. The van der Waals surface area contributed by atoms with Gasteiger partial charge in [-0.2, -0.15) is 0 Å². The van der Waals surface area contributed by atoms with E-state index in [2.05, 4.69) is 9.80 Å². The molecule has 1 aromatic carbocycles. The number of benzene rings is 1. The molecule has 1 N–H and O–H groups in total. The molecule has 24 heavy (non-hydrogen) atoms. The summed E-state index contributed by atoms with van der Waals surface area (Å²) in [6.45, 7) is 8.29. The van der Waals surface area contributed by atoms with Crippen molar-refractivity contribution in [2.45, 2.75) is 31.8 Å². The van der Waals surface area contributed by atoms with E-state index >= 15 is 0 Å². The number of likely N-dealkylation sites (tertiary alicyclic amines) is 1. The Labute approximate surface area is 146 Å². The van der Waals surface area contributed by atoms with Crippen LogP contribution in [0.15, 0.2) is 30.3 Å². The van der Waals surface area contributed by atoms with Crippen LogP contribution in [0.25, 0.3) is 0 Å². The van der Waals surface area contributed by atoms with E-state index in [-0.39, 0.29) is 6.10 Å². The lowest BCUT2D eigenvalue weighted by molar-refractivity contribution is 0.0358. The summed E-state index contributed by atoms with van der Waals surface area (Å²) in [6, 6.07) is 10.0. The van der Waals surface area contributed by atoms with E-state index in [0.29, 0.717) is 0 Å². The Morgan fingerprint density at radius 2 is 1.71 bits per heavy atom. The molecule has 2 aliphatic heterocycles. The van der Waals surface area contributed by atoms with Crippen LogP contribution in [0.2, 0.25) is 0 Å². The summed E-state index contributed by atoms with van der Waals surface area (Å²) in [5, 5.41) is 10.4. The van der Waals surface area contributed by atoms with Crippen molar-refractivity contribution < 1.29 is 9.84 Å². The first-order chi connectivity index (χ1) is 11.8. The molecule has 4 nitrogen and oxygen atoms in total. The third kappa shape index (κ3) is 5.55. The van der Waals surface area contributed by atoms with E-state index in [9.17, 15) is 5.11 Å². The van der Waals surface area contributed by atoms with Crippen LogP contribution in [0.4, 0.5) is 0 Å². The van der Waals surface area contributed by atoms with Crippen LogP contribution in [0.3, 0.4) is 0 Å². The molecule has 0 amide bonds. The van der Waals surface area contributed by atoms with E-state index in [1.54, 1.807) is 0 Å². The third-order valence-corrected chi connectivity index (χ3v) is 5.51. The van der Waals surface area contributed by atoms with Crippen molar-refractivity contribution in [2.24, 2.45) is 5.92 Å². The molecule has 3 rings (SSSR count). The molecule has 1 atom stereocenters. The number of hydrogen-bond donors (Lipinski definition) is 1. The summed E-state index contributed by atoms with van der Waals surface area (Å²) in [5.74, 6) is 0.871. The fraction of sp³-hybridized carbons (Fsp3) is 0.700. The number of piperidine rings is 1. The van der Waals surface area contributed by atoms with Crippen LogP contribution in [0.5, 0.6) is 0 Å². The van der Waals surface area contributed by atoms with Crippen molar-refractivity contribution in [3.8, 4) is 0 Å². The van der Waals surface area contributed by atoms with E-state index in [1.807, 2.05) is 30.3 Å². The molecular formula is C20H32N2O2. The molecule has 134 valence electrons. The standard InChI is InChI=1S/C20H32N2O2/c23-20(19-6-2-1-3-7-19)17-22-11-8-18(9-12-22)5-4-10-21-13-15-24-16-14-21/h1-3,6-7,18,20,23H,4-5,8-17H2. The Hall–Kier alpha value is -0.940. The largest absolute Gasteiger partial charge is 0.387 e. The number of aliphatic hydroxyl groups excluding tert-OH is 1. The first-order valence-corrected chi connectivity index (χ1v) is 9.57. The van der Waals surface area contributed by atoms with E-state index in [1.165, 1.54) is 32.2 Å². The van der Waals surface area contributed by atoms with Crippen molar-refractivity contribution in [2.75, 3.05) is 52.5 Å². The lowest BCUT2D eigenvalue weighted by atomic mass is 9.91. The zero-order chi connectivity index (χ0) is 16.6. The summed E-state index contributed by atoms with van der Waals surface area (Å²) < 4.78 is 5.40.